The minimum Gasteiger partial charge on any atom is -0.312 e. The molecule has 0 atom stereocenters. The number of aromatic nitrogens is 3. The number of piperidine rings is 1. The third-order valence-electron chi connectivity index (χ3n) is 6.71. The summed E-state index contributed by atoms with van der Waals surface area (Å²) >= 11 is 0. The first-order valence-electron chi connectivity index (χ1n) is 11.3. The van der Waals surface area contributed by atoms with Crippen LogP contribution in [0.2, 0.25) is 0 Å². The fourth-order valence-electron chi connectivity index (χ4n) is 4.97. The van der Waals surface area contributed by atoms with Crippen molar-refractivity contribution < 1.29 is 0 Å². The summed E-state index contributed by atoms with van der Waals surface area (Å²) in [6, 6.07) is 17.7. The molecule has 164 valence electrons. The molecule has 32 heavy (non-hydrogen) atoms. The maximum atomic E-state index is 12.9. The number of nitrogens with zero attached hydrogens (tertiary/aromatic N) is 3. The number of likely N-dealkylation sites (tertiary alicyclic amines) is 1. The second-order valence-electron chi connectivity index (χ2n) is 8.64. The lowest BCUT2D eigenvalue weighted by atomic mass is 9.87. The molecule has 0 spiro atoms. The Morgan fingerprint density at radius 1 is 1.00 bits per heavy atom. The highest BCUT2D eigenvalue weighted by Gasteiger charge is 2.22. The van der Waals surface area contributed by atoms with Gasteiger partial charge < -0.3 is 14.5 Å². The lowest BCUT2D eigenvalue weighted by molar-refractivity contribution is 0.256. The van der Waals surface area contributed by atoms with Gasteiger partial charge in [0.1, 0.15) is 0 Å². The van der Waals surface area contributed by atoms with Gasteiger partial charge in [-0.25, -0.2) is 4.79 Å². The quantitative estimate of drug-likeness (QED) is 0.535. The van der Waals surface area contributed by atoms with Crippen molar-refractivity contribution in [2.45, 2.75) is 32.2 Å². The zero-order chi connectivity index (χ0) is 22.2. The van der Waals surface area contributed by atoms with Crippen LogP contribution in [-0.4, -0.2) is 39.2 Å². The molecular formula is C26H28N4O2. The fraction of sp³-hybridized carbons (Fsp3) is 0.308. The average molecular weight is 429 g/mol. The van der Waals surface area contributed by atoms with Crippen LogP contribution in [0.3, 0.4) is 0 Å². The molecule has 4 aromatic rings. The van der Waals surface area contributed by atoms with E-state index in [0.717, 1.165) is 59.3 Å². The lowest BCUT2D eigenvalue weighted by Crippen LogP contribution is -2.30. The van der Waals surface area contributed by atoms with E-state index in [2.05, 4.69) is 23.0 Å². The molecule has 1 fully saturated rings. The number of pyridine rings is 1. The summed E-state index contributed by atoms with van der Waals surface area (Å²) in [5.41, 5.74) is 4.51. The molecule has 0 saturated carbocycles. The Morgan fingerprint density at radius 2 is 1.75 bits per heavy atom. The third kappa shape index (κ3) is 3.50. The topological polar surface area (TPSA) is 63.0 Å². The van der Waals surface area contributed by atoms with Crippen molar-refractivity contribution in [1.82, 2.24) is 19.0 Å². The van der Waals surface area contributed by atoms with Gasteiger partial charge in [-0.1, -0.05) is 30.3 Å². The van der Waals surface area contributed by atoms with Gasteiger partial charge in [-0.3, -0.25) is 9.36 Å². The smallest absolute Gasteiger partial charge is 0.312 e. The monoisotopic (exact) mass is 428 g/mol. The largest absolute Gasteiger partial charge is 0.330 e. The second kappa shape index (κ2) is 8.28. The summed E-state index contributed by atoms with van der Waals surface area (Å²) in [6.07, 6.45) is 3.82. The number of imidazole rings is 1. The standard InChI is InChI=1S/C26H28N4O2/c1-3-29-23-10-9-20(30-24(17-27-26(30)32)19-7-5-4-6-8-19)15-22(23)21(16-25(29)31)18-11-13-28(2)14-12-18/h4-10,15-18H,3,11-14H2,1-2H3,(H,27,32). The van der Waals surface area contributed by atoms with Crippen LogP contribution in [0.1, 0.15) is 31.2 Å². The zero-order valence-corrected chi connectivity index (χ0v) is 18.5. The van der Waals surface area contributed by atoms with E-state index >= 15 is 0 Å². The maximum Gasteiger partial charge on any atom is 0.330 e. The van der Waals surface area contributed by atoms with E-state index in [0.29, 0.717) is 12.5 Å². The van der Waals surface area contributed by atoms with E-state index in [1.165, 1.54) is 0 Å². The molecule has 2 aromatic heterocycles. The molecule has 1 aliphatic rings. The summed E-state index contributed by atoms with van der Waals surface area (Å²) in [7, 11) is 2.14. The summed E-state index contributed by atoms with van der Waals surface area (Å²) in [6.45, 7) is 4.66. The van der Waals surface area contributed by atoms with Crippen molar-refractivity contribution >= 4 is 10.9 Å². The number of H-pyrrole nitrogens is 1. The number of rotatable bonds is 4. The van der Waals surface area contributed by atoms with Crippen molar-refractivity contribution in [3.8, 4) is 16.9 Å². The Balaban J connectivity index is 1.72. The van der Waals surface area contributed by atoms with Crippen molar-refractivity contribution in [3.05, 3.63) is 87.2 Å². The number of hydrogen-bond acceptors (Lipinski definition) is 3. The molecule has 1 N–H and O–H groups in total. The van der Waals surface area contributed by atoms with Crippen LogP contribution < -0.4 is 11.2 Å². The lowest BCUT2D eigenvalue weighted by Gasteiger charge is -2.30. The van der Waals surface area contributed by atoms with Crippen LogP contribution in [0.15, 0.2) is 70.4 Å². The van der Waals surface area contributed by atoms with Gasteiger partial charge in [-0.05, 0) is 69.6 Å². The number of nitrogens with one attached hydrogen (secondary N) is 1. The van der Waals surface area contributed by atoms with Crippen LogP contribution in [0, 0.1) is 0 Å². The molecule has 0 amide bonds. The molecule has 0 unspecified atom stereocenters. The summed E-state index contributed by atoms with van der Waals surface area (Å²) in [4.78, 5) is 30.9. The van der Waals surface area contributed by atoms with Crippen molar-refractivity contribution in [3.63, 3.8) is 0 Å². The highest BCUT2D eigenvalue weighted by molar-refractivity contribution is 5.85. The SMILES string of the molecule is CCn1c(=O)cc(C2CCN(C)CC2)c2cc(-n3c(-c4ccccc4)c[nH]c3=O)ccc21. The van der Waals surface area contributed by atoms with E-state index < -0.39 is 0 Å². The summed E-state index contributed by atoms with van der Waals surface area (Å²) in [5.74, 6) is 0.347. The van der Waals surface area contributed by atoms with Crippen LogP contribution >= 0.6 is 0 Å². The highest BCUT2D eigenvalue weighted by Crippen LogP contribution is 2.33. The molecule has 1 aliphatic heterocycles. The van der Waals surface area contributed by atoms with Gasteiger partial charge >= 0.3 is 5.69 Å². The van der Waals surface area contributed by atoms with E-state index in [4.69, 9.17) is 0 Å². The van der Waals surface area contributed by atoms with Gasteiger partial charge in [0.05, 0.1) is 16.9 Å². The molecule has 5 rings (SSSR count). The first kappa shape index (κ1) is 20.5. The fourth-order valence-corrected chi connectivity index (χ4v) is 4.97. The Labute approximate surface area is 186 Å². The maximum absolute atomic E-state index is 12.9. The van der Waals surface area contributed by atoms with Crippen LogP contribution in [-0.2, 0) is 6.54 Å². The molecule has 6 nitrogen and oxygen atoms in total. The van der Waals surface area contributed by atoms with E-state index in [-0.39, 0.29) is 11.2 Å². The molecule has 0 aliphatic carbocycles. The minimum absolute atomic E-state index is 0.0467. The van der Waals surface area contributed by atoms with Gasteiger partial charge in [0.25, 0.3) is 5.56 Å². The van der Waals surface area contributed by atoms with Gasteiger partial charge in [0.2, 0.25) is 0 Å². The van der Waals surface area contributed by atoms with Gasteiger partial charge in [0.15, 0.2) is 0 Å². The average Bonchev–Trinajstić information content (AvgIpc) is 3.21. The Kier molecular flexibility index (Phi) is 5.31. The van der Waals surface area contributed by atoms with Crippen LogP contribution in [0.5, 0.6) is 0 Å². The highest BCUT2D eigenvalue weighted by atomic mass is 16.1. The minimum atomic E-state index is -0.173. The molecule has 0 radical (unpaired) electrons. The first-order valence-corrected chi connectivity index (χ1v) is 11.3. The Morgan fingerprint density at radius 3 is 2.47 bits per heavy atom. The predicted octanol–water partition coefficient (Wildman–Crippen LogP) is 3.98. The number of hydrogen-bond donors (Lipinski definition) is 1. The number of fused-ring (bicyclic) bond motifs is 1. The van der Waals surface area contributed by atoms with Crippen LogP contribution in [0.4, 0.5) is 0 Å². The molecular weight excluding hydrogens is 400 g/mol. The third-order valence-corrected chi connectivity index (χ3v) is 6.71. The van der Waals surface area contributed by atoms with Crippen molar-refractivity contribution in [2.24, 2.45) is 0 Å². The molecule has 0 bridgehead atoms. The summed E-state index contributed by atoms with van der Waals surface area (Å²) < 4.78 is 3.53. The Hall–Kier alpha value is -3.38. The van der Waals surface area contributed by atoms with Crippen molar-refractivity contribution in [2.75, 3.05) is 20.1 Å². The van der Waals surface area contributed by atoms with E-state index in [1.54, 1.807) is 10.8 Å². The van der Waals surface area contributed by atoms with E-state index in [1.807, 2.05) is 60.0 Å². The zero-order valence-electron chi connectivity index (χ0n) is 18.5. The molecule has 6 heteroatoms. The predicted molar refractivity (Wildman–Crippen MR) is 129 cm³/mol. The van der Waals surface area contributed by atoms with Crippen molar-refractivity contribution in [1.29, 1.82) is 0 Å². The molecule has 2 aromatic carbocycles. The molecule has 3 heterocycles. The normalized spacial score (nSPS) is 15.4. The summed E-state index contributed by atoms with van der Waals surface area (Å²) in [5, 5.41) is 1.06. The number of benzene rings is 2. The Bertz CT molecular complexity index is 1370. The van der Waals surface area contributed by atoms with Crippen LogP contribution in [0.25, 0.3) is 27.8 Å². The number of aromatic amines is 1. The second-order valence-corrected chi connectivity index (χ2v) is 8.64. The number of aryl methyl sites for hydroxylation is 1. The van der Waals surface area contributed by atoms with E-state index in [9.17, 15) is 9.59 Å². The van der Waals surface area contributed by atoms with Gasteiger partial charge in [-0.2, -0.15) is 0 Å². The molecule has 1 saturated heterocycles. The van der Waals surface area contributed by atoms with Gasteiger partial charge in [0, 0.05) is 29.8 Å². The first-order chi connectivity index (χ1) is 15.6. The van der Waals surface area contributed by atoms with Gasteiger partial charge in [-0.15, -0.1) is 0 Å².